The predicted octanol–water partition coefficient (Wildman–Crippen LogP) is 12.4. The smallest absolute Gasteiger partial charge is 0.00104 e. The van der Waals surface area contributed by atoms with E-state index in [2.05, 4.69) is 13.8 Å². The minimum atomic E-state index is 0.397. The van der Waals surface area contributed by atoms with Crippen molar-refractivity contribution in [2.45, 2.75) is 219 Å². The van der Waals surface area contributed by atoms with Gasteiger partial charge in [0, 0.05) is 6.04 Å². The molecule has 0 aromatic rings. The zero-order valence-corrected chi connectivity index (χ0v) is 25.1. The largest absolute Gasteiger partial charge is 0.328 e. The molecule has 0 rings (SSSR count). The summed E-state index contributed by atoms with van der Waals surface area (Å²) in [5, 5.41) is 0. The van der Waals surface area contributed by atoms with Gasteiger partial charge in [0.2, 0.25) is 0 Å². The lowest BCUT2D eigenvalue weighted by molar-refractivity contribution is 0.510. The number of rotatable bonds is 31. The van der Waals surface area contributed by atoms with Gasteiger partial charge in [-0.2, -0.15) is 0 Å². The Morgan fingerprint density at radius 2 is 0.486 bits per heavy atom. The highest BCUT2D eigenvalue weighted by molar-refractivity contribution is 4.54. The van der Waals surface area contributed by atoms with Crippen molar-refractivity contribution in [3.63, 3.8) is 0 Å². The summed E-state index contributed by atoms with van der Waals surface area (Å²) in [6.45, 7) is 4.43. The van der Waals surface area contributed by atoms with E-state index in [1.807, 2.05) is 0 Å². The van der Waals surface area contributed by atoms with Crippen LogP contribution in [0.2, 0.25) is 0 Å². The molecule has 0 spiro atoms. The number of unbranched alkanes of at least 4 members (excludes halogenated alkanes) is 29. The maximum atomic E-state index is 5.80. The molecule has 1 heteroatoms. The molecule has 0 aliphatic rings. The highest BCUT2D eigenvalue weighted by Crippen LogP contribution is 2.16. The molecule has 1 unspecified atom stereocenters. The quantitative estimate of drug-likeness (QED) is 0.0954. The van der Waals surface area contributed by atoms with E-state index in [0.29, 0.717) is 6.04 Å². The van der Waals surface area contributed by atoms with E-state index in [1.54, 1.807) is 0 Å². The summed E-state index contributed by atoms with van der Waals surface area (Å²) in [6.07, 6.45) is 45.2. The van der Waals surface area contributed by atoms with Gasteiger partial charge in [-0.15, -0.1) is 0 Å². The molecule has 0 aromatic heterocycles. The molecule has 212 valence electrons. The molecule has 1 nitrogen and oxygen atoms in total. The van der Waals surface area contributed by atoms with Crippen LogP contribution in [0.4, 0.5) is 0 Å². The monoisotopic (exact) mass is 494 g/mol. The molecule has 0 aliphatic carbocycles. The third-order valence-corrected chi connectivity index (χ3v) is 8.01. The molecule has 0 aliphatic heterocycles. The molecule has 0 aromatic carbocycles. The van der Waals surface area contributed by atoms with Gasteiger partial charge in [-0.25, -0.2) is 0 Å². The summed E-state index contributed by atoms with van der Waals surface area (Å²) < 4.78 is 0. The SMILES string of the molecule is CCCCCCCCCCCCCCCCCCCCCCCCCCCCCCCCC(C)N. The summed E-state index contributed by atoms with van der Waals surface area (Å²) in [6, 6.07) is 0.397. The van der Waals surface area contributed by atoms with Gasteiger partial charge in [0.25, 0.3) is 0 Å². The van der Waals surface area contributed by atoms with Gasteiger partial charge in [0.15, 0.2) is 0 Å². The van der Waals surface area contributed by atoms with Crippen molar-refractivity contribution in [1.82, 2.24) is 0 Å². The van der Waals surface area contributed by atoms with E-state index in [1.165, 1.54) is 199 Å². The average molecular weight is 494 g/mol. The standard InChI is InChI=1S/C34H71N/c1-3-4-5-6-7-8-9-10-11-12-13-14-15-16-17-18-19-20-21-22-23-24-25-26-27-28-29-30-31-32-33-34(2)35/h34H,3-33,35H2,1-2H3. The first-order valence-electron chi connectivity index (χ1n) is 17.0. The minimum Gasteiger partial charge on any atom is -0.328 e. The zero-order valence-electron chi connectivity index (χ0n) is 25.1. The first-order valence-corrected chi connectivity index (χ1v) is 17.0. The highest BCUT2D eigenvalue weighted by Gasteiger charge is 1.97. The van der Waals surface area contributed by atoms with Crippen LogP contribution >= 0.6 is 0 Å². The first kappa shape index (κ1) is 35.0. The lowest BCUT2D eigenvalue weighted by Gasteiger charge is -2.05. The van der Waals surface area contributed by atoms with Crippen LogP contribution in [0.15, 0.2) is 0 Å². The third-order valence-electron chi connectivity index (χ3n) is 8.01. The number of hydrogen-bond donors (Lipinski definition) is 1. The summed E-state index contributed by atoms with van der Waals surface area (Å²) in [5.74, 6) is 0. The topological polar surface area (TPSA) is 26.0 Å². The lowest BCUT2D eigenvalue weighted by Crippen LogP contribution is -2.13. The Morgan fingerprint density at radius 3 is 0.657 bits per heavy atom. The molecule has 0 heterocycles. The molecule has 0 saturated heterocycles. The maximum absolute atomic E-state index is 5.80. The van der Waals surface area contributed by atoms with Crippen molar-refractivity contribution in [2.24, 2.45) is 5.73 Å². The van der Waals surface area contributed by atoms with Crippen LogP contribution in [-0.4, -0.2) is 6.04 Å². The van der Waals surface area contributed by atoms with E-state index in [-0.39, 0.29) is 0 Å². The minimum absolute atomic E-state index is 0.397. The van der Waals surface area contributed by atoms with E-state index in [9.17, 15) is 0 Å². The molecule has 35 heavy (non-hydrogen) atoms. The Bertz CT molecular complexity index is 350. The second-order valence-corrected chi connectivity index (χ2v) is 12.0. The van der Waals surface area contributed by atoms with Gasteiger partial charge in [0.05, 0.1) is 0 Å². The van der Waals surface area contributed by atoms with Crippen molar-refractivity contribution >= 4 is 0 Å². The van der Waals surface area contributed by atoms with Crippen molar-refractivity contribution in [1.29, 1.82) is 0 Å². The summed E-state index contributed by atoms with van der Waals surface area (Å²) >= 11 is 0. The van der Waals surface area contributed by atoms with Crippen molar-refractivity contribution in [2.75, 3.05) is 0 Å². The molecule has 0 bridgehead atoms. The van der Waals surface area contributed by atoms with E-state index < -0.39 is 0 Å². The highest BCUT2D eigenvalue weighted by atomic mass is 14.6. The molecular weight excluding hydrogens is 422 g/mol. The fourth-order valence-corrected chi connectivity index (χ4v) is 5.49. The predicted molar refractivity (Wildman–Crippen MR) is 162 cm³/mol. The van der Waals surface area contributed by atoms with Crippen molar-refractivity contribution in [3.8, 4) is 0 Å². The first-order chi connectivity index (χ1) is 17.3. The molecule has 0 fully saturated rings. The van der Waals surface area contributed by atoms with E-state index >= 15 is 0 Å². The second kappa shape index (κ2) is 32.0. The molecule has 0 amide bonds. The Kier molecular flexibility index (Phi) is 32.0. The number of hydrogen-bond acceptors (Lipinski definition) is 1. The summed E-state index contributed by atoms with van der Waals surface area (Å²) in [5.41, 5.74) is 5.80. The Hall–Kier alpha value is -0.0400. The van der Waals surface area contributed by atoms with Crippen molar-refractivity contribution < 1.29 is 0 Å². The Morgan fingerprint density at radius 1 is 0.314 bits per heavy atom. The number of nitrogens with two attached hydrogens (primary N) is 1. The van der Waals surface area contributed by atoms with Gasteiger partial charge >= 0.3 is 0 Å². The molecule has 0 radical (unpaired) electrons. The van der Waals surface area contributed by atoms with Gasteiger partial charge in [-0.05, 0) is 13.3 Å². The average Bonchev–Trinajstić information content (AvgIpc) is 2.85. The summed E-state index contributed by atoms with van der Waals surface area (Å²) in [7, 11) is 0. The third kappa shape index (κ3) is 34.0. The molecule has 2 N–H and O–H groups in total. The fourth-order valence-electron chi connectivity index (χ4n) is 5.49. The lowest BCUT2D eigenvalue weighted by atomic mass is 10.0. The maximum Gasteiger partial charge on any atom is 0.00104 e. The van der Waals surface area contributed by atoms with Gasteiger partial charge in [-0.3, -0.25) is 0 Å². The van der Waals surface area contributed by atoms with Crippen LogP contribution in [0.5, 0.6) is 0 Å². The van der Waals surface area contributed by atoms with E-state index in [4.69, 9.17) is 5.73 Å². The summed E-state index contributed by atoms with van der Waals surface area (Å²) in [4.78, 5) is 0. The zero-order chi connectivity index (χ0) is 25.5. The molecular formula is C34H71N. The van der Waals surface area contributed by atoms with Crippen molar-refractivity contribution in [3.05, 3.63) is 0 Å². The van der Waals surface area contributed by atoms with Crippen LogP contribution < -0.4 is 5.73 Å². The Balaban J connectivity index is 3.01. The molecule has 0 saturated carbocycles. The Labute approximate surface area is 224 Å². The second-order valence-electron chi connectivity index (χ2n) is 12.0. The normalized spacial score (nSPS) is 12.4. The van der Waals surface area contributed by atoms with Crippen LogP contribution in [0, 0.1) is 0 Å². The van der Waals surface area contributed by atoms with Crippen LogP contribution in [0.25, 0.3) is 0 Å². The molecule has 1 atom stereocenters. The van der Waals surface area contributed by atoms with Crippen LogP contribution in [0.1, 0.15) is 213 Å². The van der Waals surface area contributed by atoms with Gasteiger partial charge in [0.1, 0.15) is 0 Å². The van der Waals surface area contributed by atoms with Crippen LogP contribution in [0.3, 0.4) is 0 Å². The van der Waals surface area contributed by atoms with E-state index in [0.717, 1.165) is 0 Å². The van der Waals surface area contributed by atoms with Gasteiger partial charge in [-0.1, -0.05) is 200 Å². The fraction of sp³-hybridized carbons (Fsp3) is 1.00. The van der Waals surface area contributed by atoms with Gasteiger partial charge < -0.3 is 5.73 Å². The van der Waals surface area contributed by atoms with Crippen LogP contribution in [-0.2, 0) is 0 Å².